The van der Waals surface area contributed by atoms with Crippen molar-refractivity contribution >= 4 is 0 Å². The van der Waals surface area contributed by atoms with Gasteiger partial charge in [0.15, 0.2) is 6.29 Å². The molecule has 2 aliphatic carbocycles. The van der Waals surface area contributed by atoms with Crippen LogP contribution in [0, 0.1) is 29.6 Å². The van der Waals surface area contributed by atoms with E-state index in [2.05, 4.69) is 26.0 Å². The average Bonchev–Trinajstić information content (AvgIpc) is 2.89. The van der Waals surface area contributed by atoms with Crippen LogP contribution < -0.4 is 0 Å². The van der Waals surface area contributed by atoms with E-state index in [0.29, 0.717) is 11.8 Å². The molecule has 10 atom stereocenters. The van der Waals surface area contributed by atoms with Crippen molar-refractivity contribution in [3.8, 4) is 0 Å². The van der Waals surface area contributed by atoms with Gasteiger partial charge >= 0.3 is 0 Å². The van der Waals surface area contributed by atoms with E-state index in [1.807, 2.05) is 12.2 Å². The van der Waals surface area contributed by atoms with E-state index in [9.17, 15) is 25.5 Å². The molecule has 27 heavy (non-hydrogen) atoms. The Morgan fingerprint density at radius 3 is 2.41 bits per heavy atom. The first-order valence-electron chi connectivity index (χ1n) is 9.80. The number of aliphatic hydroxyl groups is 5. The Morgan fingerprint density at radius 2 is 1.74 bits per heavy atom. The molecule has 0 radical (unpaired) electrons. The second-order valence-corrected chi connectivity index (χ2v) is 8.34. The van der Waals surface area contributed by atoms with Crippen molar-refractivity contribution in [3.63, 3.8) is 0 Å². The third-order valence-electron chi connectivity index (χ3n) is 6.27. The Morgan fingerprint density at radius 1 is 1.00 bits per heavy atom. The van der Waals surface area contributed by atoms with Gasteiger partial charge in [-0.3, -0.25) is 0 Å². The maximum atomic E-state index is 10.3. The average molecular weight is 384 g/mol. The van der Waals surface area contributed by atoms with Gasteiger partial charge in [-0.05, 0) is 30.1 Å². The number of fused-ring (bicyclic) bond motifs is 1. The molecule has 7 nitrogen and oxygen atoms in total. The summed E-state index contributed by atoms with van der Waals surface area (Å²) in [6.45, 7) is 4.10. The number of aliphatic hydroxyl groups excluding tert-OH is 5. The zero-order chi connectivity index (χ0) is 19.7. The van der Waals surface area contributed by atoms with Gasteiger partial charge in [-0.25, -0.2) is 0 Å². The Labute approximate surface area is 159 Å². The minimum Gasteiger partial charge on any atom is -0.394 e. The molecule has 3 rings (SSSR count). The van der Waals surface area contributed by atoms with Gasteiger partial charge in [0.05, 0.1) is 19.3 Å². The van der Waals surface area contributed by atoms with E-state index in [1.54, 1.807) is 0 Å². The van der Waals surface area contributed by atoms with Crippen LogP contribution in [0.25, 0.3) is 0 Å². The zero-order valence-corrected chi connectivity index (χ0v) is 15.8. The summed E-state index contributed by atoms with van der Waals surface area (Å²) in [6, 6.07) is 0. The van der Waals surface area contributed by atoms with Gasteiger partial charge in [0.2, 0.25) is 0 Å². The molecule has 0 spiro atoms. The number of ether oxygens (including phenoxy) is 2. The standard InChI is InChI=1S/C20H32O7/c1-10(2)11-3-4-12(13-5-6-15(22)14(13)7-11)9-26-20-19(25)18(24)17(23)16(8-21)27-20/h3-6,10-25H,7-9H2,1-2H3/t11?,12-,13-,14-,15-,16?,17?,18?,19?,20?/m0/s1. The van der Waals surface area contributed by atoms with Crippen LogP contribution in [0.4, 0.5) is 0 Å². The summed E-state index contributed by atoms with van der Waals surface area (Å²) in [5.74, 6) is 1.10. The molecule has 0 aromatic heterocycles. The fourth-order valence-electron chi connectivity index (χ4n) is 4.39. The summed E-state index contributed by atoms with van der Waals surface area (Å²) in [5, 5.41) is 49.5. The largest absolute Gasteiger partial charge is 0.394 e. The van der Waals surface area contributed by atoms with Crippen LogP contribution in [0.2, 0.25) is 0 Å². The molecule has 7 heteroatoms. The lowest BCUT2D eigenvalue weighted by molar-refractivity contribution is -0.303. The van der Waals surface area contributed by atoms with Crippen LogP contribution >= 0.6 is 0 Å². The predicted molar refractivity (Wildman–Crippen MR) is 97.4 cm³/mol. The molecule has 0 aromatic rings. The quantitative estimate of drug-likeness (QED) is 0.417. The van der Waals surface area contributed by atoms with E-state index in [4.69, 9.17) is 9.47 Å². The van der Waals surface area contributed by atoms with Crippen LogP contribution in [0.3, 0.4) is 0 Å². The molecule has 0 aromatic carbocycles. The predicted octanol–water partition coefficient (Wildman–Crippen LogP) is -0.186. The zero-order valence-electron chi connectivity index (χ0n) is 15.8. The summed E-state index contributed by atoms with van der Waals surface area (Å²) in [7, 11) is 0. The minimum absolute atomic E-state index is 0.000445. The normalized spacial score (nSPS) is 47.3. The van der Waals surface area contributed by atoms with E-state index in [1.165, 1.54) is 0 Å². The Hall–Kier alpha value is -0.800. The Bertz CT molecular complexity index is 546. The van der Waals surface area contributed by atoms with Gasteiger partial charge in [-0.15, -0.1) is 0 Å². The van der Waals surface area contributed by atoms with Crippen molar-refractivity contribution in [3.05, 3.63) is 24.3 Å². The summed E-state index contributed by atoms with van der Waals surface area (Å²) in [5.41, 5.74) is 0. The van der Waals surface area contributed by atoms with Gasteiger partial charge in [-0.1, -0.05) is 38.2 Å². The third kappa shape index (κ3) is 4.29. The Kier molecular flexibility index (Phi) is 6.74. The van der Waals surface area contributed by atoms with Crippen LogP contribution in [0.15, 0.2) is 24.3 Å². The smallest absolute Gasteiger partial charge is 0.186 e. The van der Waals surface area contributed by atoms with E-state index in [0.717, 1.165) is 6.42 Å². The van der Waals surface area contributed by atoms with E-state index < -0.39 is 43.4 Å². The maximum absolute atomic E-state index is 10.3. The topological polar surface area (TPSA) is 120 Å². The van der Waals surface area contributed by atoms with Crippen LogP contribution in [-0.4, -0.2) is 75.6 Å². The molecule has 154 valence electrons. The first-order chi connectivity index (χ1) is 12.8. The number of allylic oxidation sites excluding steroid dienone is 2. The fraction of sp³-hybridized carbons (Fsp3) is 0.800. The molecule has 0 saturated carbocycles. The molecular formula is C20H32O7. The monoisotopic (exact) mass is 384 g/mol. The molecule has 1 fully saturated rings. The molecule has 1 aliphatic heterocycles. The second kappa shape index (κ2) is 8.69. The van der Waals surface area contributed by atoms with Crippen molar-refractivity contribution in [2.75, 3.05) is 13.2 Å². The highest BCUT2D eigenvalue weighted by atomic mass is 16.7. The van der Waals surface area contributed by atoms with Crippen molar-refractivity contribution in [2.45, 2.75) is 57.1 Å². The van der Waals surface area contributed by atoms with Crippen molar-refractivity contribution in [1.82, 2.24) is 0 Å². The molecular weight excluding hydrogens is 352 g/mol. The maximum Gasteiger partial charge on any atom is 0.186 e. The van der Waals surface area contributed by atoms with Gasteiger partial charge in [0, 0.05) is 5.92 Å². The van der Waals surface area contributed by atoms with Gasteiger partial charge in [0.1, 0.15) is 24.4 Å². The lowest BCUT2D eigenvalue weighted by Gasteiger charge is -2.40. The van der Waals surface area contributed by atoms with Crippen molar-refractivity contribution in [1.29, 1.82) is 0 Å². The van der Waals surface area contributed by atoms with Gasteiger partial charge < -0.3 is 35.0 Å². The van der Waals surface area contributed by atoms with Gasteiger partial charge in [0.25, 0.3) is 0 Å². The van der Waals surface area contributed by atoms with Crippen molar-refractivity contribution in [2.24, 2.45) is 29.6 Å². The lowest BCUT2D eigenvalue weighted by atomic mass is 9.79. The van der Waals surface area contributed by atoms with Crippen LogP contribution in [-0.2, 0) is 9.47 Å². The fourth-order valence-corrected chi connectivity index (χ4v) is 4.39. The summed E-state index contributed by atoms with van der Waals surface area (Å²) >= 11 is 0. The summed E-state index contributed by atoms with van der Waals surface area (Å²) in [6.07, 6.45) is 2.25. The highest BCUT2D eigenvalue weighted by Crippen LogP contribution is 2.41. The molecule has 3 aliphatic rings. The molecule has 0 amide bonds. The SMILES string of the molecule is CC(C)C1C=C[C@@H](COC2OC(CO)C(O)C(O)C2O)[C@@H]2C=C[C@H](O)[C@H]2C1. The van der Waals surface area contributed by atoms with Gasteiger partial charge in [-0.2, -0.15) is 0 Å². The number of rotatable bonds is 5. The summed E-state index contributed by atoms with van der Waals surface area (Å²) < 4.78 is 11.2. The number of hydrogen-bond donors (Lipinski definition) is 5. The molecule has 1 saturated heterocycles. The third-order valence-corrected chi connectivity index (χ3v) is 6.27. The molecule has 0 bridgehead atoms. The number of hydrogen-bond acceptors (Lipinski definition) is 7. The molecule has 5 N–H and O–H groups in total. The lowest BCUT2D eigenvalue weighted by Crippen LogP contribution is -2.59. The van der Waals surface area contributed by atoms with Crippen LogP contribution in [0.5, 0.6) is 0 Å². The second-order valence-electron chi connectivity index (χ2n) is 8.34. The minimum atomic E-state index is -1.45. The van der Waals surface area contributed by atoms with Crippen LogP contribution in [0.1, 0.15) is 20.3 Å². The van der Waals surface area contributed by atoms with Crippen molar-refractivity contribution < 1.29 is 35.0 Å². The van der Waals surface area contributed by atoms with E-state index >= 15 is 0 Å². The highest BCUT2D eigenvalue weighted by molar-refractivity contribution is 5.15. The Balaban J connectivity index is 1.68. The molecule has 1 heterocycles. The molecule has 6 unspecified atom stereocenters. The summed E-state index contributed by atoms with van der Waals surface area (Å²) in [4.78, 5) is 0. The highest BCUT2D eigenvalue weighted by Gasteiger charge is 2.45. The van der Waals surface area contributed by atoms with E-state index in [-0.39, 0.29) is 24.4 Å². The first-order valence-corrected chi connectivity index (χ1v) is 9.80. The first kappa shape index (κ1) is 20.9.